The van der Waals surface area contributed by atoms with Crippen LogP contribution in [0.15, 0.2) is 24.3 Å². The number of esters is 1. The van der Waals surface area contributed by atoms with E-state index in [1.165, 1.54) is 18.5 Å². The molecule has 1 unspecified atom stereocenters. The summed E-state index contributed by atoms with van der Waals surface area (Å²) in [7, 11) is 1.69. The number of hydrogen-bond donors (Lipinski definition) is 2. The van der Waals surface area contributed by atoms with Gasteiger partial charge in [0.25, 0.3) is 5.91 Å². The van der Waals surface area contributed by atoms with Crippen LogP contribution in [0, 0.1) is 6.92 Å². The Bertz CT molecular complexity index is 715. The van der Waals surface area contributed by atoms with E-state index >= 15 is 0 Å². The van der Waals surface area contributed by atoms with Gasteiger partial charge in [0.15, 0.2) is 6.10 Å². The highest BCUT2D eigenvalue weighted by atomic mass is 35.5. The van der Waals surface area contributed by atoms with Gasteiger partial charge >= 0.3 is 5.97 Å². The molecule has 23 heavy (non-hydrogen) atoms. The summed E-state index contributed by atoms with van der Waals surface area (Å²) in [6.45, 7) is 3.23. The highest BCUT2D eigenvalue weighted by Gasteiger charge is 2.24. The van der Waals surface area contributed by atoms with Crippen molar-refractivity contribution in [1.82, 2.24) is 4.37 Å². The summed E-state index contributed by atoms with van der Waals surface area (Å²) < 4.78 is 9.33. The molecule has 2 rings (SSSR count). The van der Waals surface area contributed by atoms with Crippen LogP contribution in [-0.2, 0) is 9.53 Å². The predicted molar refractivity (Wildman–Crippen MR) is 91.4 cm³/mol. The molecule has 2 N–H and O–H groups in total. The molecule has 2 aromatic rings. The Morgan fingerprint density at radius 2 is 1.96 bits per heavy atom. The smallest absolute Gasteiger partial charge is 0.343 e. The van der Waals surface area contributed by atoms with E-state index in [1.54, 1.807) is 38.2 Å². The number of ether oxygens (including phenoxy) is 1. The lowest BCUT2D eigenvalue weighted by Crippen LogP contribution is -2.30. The third-order valence-corrected chi connectivity index (χ3v) is 4.27. The molecule has 0 bridgehead atoms. The van der Waals surface area contributed by atoms with Crippen molar-refractivity contribution in [2.75, 3.05) is 17.7 Å². The van der Waals surface area contributed by atoms with Gasteiger partial charge in [0.1, 0.15) is 10.6 Å². The maximum atomic E-state index is 12.2. The fourth-order valence-corrected chi connectivity index (χ4v) is 2.69. The quantitative estimate of drug-likeness (QED) is 0.806. The lowest BCUT2D eigenvalue weighted by molar-refractivity contribution is -0.123. The number of aromatic nitrogens is 1. The fraction of sp³-hybridized carbons (Fsp3) is 0.267. The van der Waals surface area contributed by atoms with Crippen molar-refractivity contribution in [3.8, 4) is 0 Å². The van der Waals surface area contributed by atoms with E-state index in [-0.39, 0.29) is 0 Å². The van der Waals surface area contributed by atoms with E-state index in [1.807, 2.05) is 0 Å². The Hall–Kier alpha value is -2.12. The first-order valence-electron chi connectivity index (χ1n) is 6.83. The van der Waals surface area contributed by atoms with Gasteiger partial charge in [0.2, 0.25) is 0 Å². The number of anilines is 2. The number of amides is 1. The predicted octanol–water partition coefficient (Wildman–Crippen LogP) is 3.33. The molecule has 1 heterocycles. The number of carbonyl (C=O) groups is 2. The van der Waals surface area contributed by atoms with E-state index in [2.05, 4.69) is 15.0 Å². The van der Waals surface area contributed by atoms with Gasteiger partial charge in [-0.25, -0.2) is 4.79 Å². The largest absolute Gasteiger partial charge is 0.449 e. The van der Waals surface area contributed by atoms with Gasteiger partial charge < -0.3 is 15.4 Å². The zero-order chi connectivity index (χ0) is 17.0. The molecule has 0 saturated heterocycles. The number of benzene rings is 1. The number of carbonyl (C=O) groups excluding carboxylic acids is 2. The minimum Gasteiger partial charge on any atom is -0.449 e. The molecule has 8 heteroatoms. The van der Waals surface area contributed by atoms with Gasteiger partial charge in [0.05, 0.1) is 5.69 Å². The molecule has 1 amide bonds. The lowest BCUT2D eigenvalue weighted by atomic mass is 10.2. The Morgan fingerprint density at radius 1 is 1.30 bits per heavy atom. The standard InChI is InChI=1S/C15H16ClN3O3S/c1-8-12(14(17-3)23-19-8)15(21)22-9(2)13(20)18-11-6-4-10(16)5-7-11/h4-7,9,17H,1-3H3,(H,18,20). The van der Waals surface area contributed by atoms with Crippen LogP contribution < -0.4 is 10.6 Å². The molecule has 122 valence electrons. The van der Waals surface area contributed by atoms with Gasteiger partial charge in [-0.1, -0.05) is 11.6 Å². The third kappa shape index (κ3) is 4.20. The van der Waals surface area contributed by atoms with Crippen molar-refractivity contribution in [1.29, 1.82) is 0 Å². The van der Waals surface area contributed by atoms with Gasteiger partial charge in [-0.3, -0.25) is 4.79 Å². The number of halogens is 1. The van der Waals surface area contributed by atoms with Crippen molar-refractivity contribution < 1.29 is 14.3 Å². The van der Waals surface area contributed by atoms with E-state index < -0.39 is 18.0 Å². The maximum Gasteiger partial charge on any atom is 0.343 e. The first-order valence-corrected chi connectivity index (χ1v) is 7.99. The number of nitrogens with one attached hydrogen (secondary N) is 2. The van der Waals surface area contributed by atoms with Gasteiger partial charge in [-0.2, -0.15) is 4.37 Å². The monoisotopic (exact) mass is 353 g/mol. The van der Waals surface area contributed by atoms with E-state index in [4.69, 9.17) is 16.3 Å². The molecule has 0 saturated carbocycles. The normalized spacial score (nSPS) is 11.7. The molecular weight excluding hydrogens is 338 g/mol. The van der Waals surface area contributed by atoms with Crippen LogP contribution in [-0.4, -0.2) is 29.4 Å². The average molecular weight is 354 g/mol. The molecule has 0 fully saturated rings. The van der Waals surface area contributed by atoms with Crippen molar-refractivity contribution >= 4 is 45.7 Å². The van der Waals surface area contributed by atoms with Crippen LogP contribution in [0.25, 0.3) is 0 Å². The first kappa shape index (κ1) is 17.2. The molecule has 0 radical (unpaired) electrons. The second kappa shape index (κ2) is 7.43. The highest BCUT2D eigenvalue weighted by molar-refractivity contribution is 7.10. The van der Waals surface area contributed by atoms with E-state index in [0.717, 1.165) is 0 Å². The van der Waals surface area contributed by atoms with Gasteiger partial charge in [-0.05, 0) is 49.6 Å². The Kier molecular flexibility index (Phi) is 5.57. The van der Waals surface area contributed by atoms with Crippen LogP contribution in [0.2, 0.25) is 5.02 Å². The van der Waals surface area contributed by atoms with Crippen LogP contribution in [0.4, 0.5) is 10.7 Å². The minimum atomic E-state index is -0.942. The summed E-state index contributed by atoms with van der Waals surface area (Å²) in [6.07, 6.45) is -0.942. The Balaban J connectivity index is 2.01. The Labute approximate surface area is 143 Å². The summed E-state index contributed by atoms with van der Waals surface area (Å²) in [4.78, 5) is 24.3. The van der Waals surface area contributed by atoms with Crippen molar-refractivity contribution in [2.45, 2.75) is 20.0 Å². The summed E-state index contributed by atoms with van der Waals surface area (Å²) in [5.74, 6) is -1.01. The van der Waals surface area contributed by atoms with E-state index in [0.29, 0.717) is 27.0 Å². The summed E-state index contributed by atoms with van der Waals surface area (Å²) >= 11 is 6.96. The molecule has 1 aromatic heterocycles. The highest BCUT2D eigenvalue weighted by Crippen LogP contribution is 2.25. The Morgan fingerprint density at radius 3 is 2.57 bits per heavy atom. The number of hydrogen-bond acceptors (Lipinski definition) is 6. The van der Waals surface area contributed by atoms with Crippen molar-refractivity contribution in [3.63, 3.8) is 0 Å². The van der Waals surface area contributed by atoms with Crippen molar-refractivity contribution in [3.05, 3.63) is 40.5 Å². The van der Waals surface area contributed by atoms with Crippen LogP contribution in [0.1, 0.15) is 23.0 Å². The third-order valence-electron chi connectivity index (χ3n) is 3.06. The zero-order valence-corrected chi connectivity index (χ0v) is 14.4. The fourth-order valence-electron chi connectivity index (χ4n) is 1.83. The number of nitrogens with zero attached hydrogens (tertiary/aromatic N) is 1. The zero-order valence-electron chi connectivity index (χ0n) is 12.8. The maximum absolute atomic E-state index is 12.2. The number of aryl methyl sites for hydroxylation is 1. The van der Waals surface area contributed by atoms with Gasteiger partial charge in [0, 0.05) is 17.8 Å². The second-order valence-corrected chi connectivity index (χ2v) is 5.98. The second-order valence-electron chi connectivity index (χ2n) is 4.77. The summed E-state index contributed by atoms with van der Waals surface area (Å²) in [5.41, 5.74) is 1.49. The molecule has 0 aliphatic carbocycles. The molecule has 0 spiro atoms. The molecule has 0 aliphatic heterocycles. The molecule has 1 aromatic carbocycles. The van der Waals surface area contributed by atoms with E-state index in [9.17, 15) is 9.59 Å². The summed E-state index contributed by atoms with van der Waals surface area (Å²) in [6, 6.07) is 6.66. The lowest BCUT2D eigenvalue weighted by Gasteiger charge is -2.14. The van der Waals surface area contributed by atoms with Crippen LogP contribution in [0.5, 0.6) is 0 Å². The average Bonchev–Trinajstić information content (AvgIpc) is 2.90. The first-order chi connectivity index (χ1) is 10.9. The summed E-state index contributed by atoms with van der Waals surface area (Å²) in [5, 5.41) is 6.73. The SMILES string of the molecule is CNc1snc(C)c1C(=O)OC(C)C(=O)Nc1ccc(Cl)cc1. The molecular formula is C15H16ClN3O3S. The molecule has 6 nitrogen and oxygen atoms in total. The van der Waals surface area contributed by atoms with Crippen molar-refractivity contribution in [2.24, 2.45) is 0 Å². The van der Waals surface area contributed by atoms with Crippen LogP contribution in [0.3, 0.4) is 0 Å². The molecule has 1 atom stereocenters. The molecule has 0 aliphatic rings. The number of rotatable bonds is 5. The topological polar surface area (TPSA) is 80.3 Å². The van der Waals surface area contributed by atoms with Gasteiger partial charge in [-0.15, -0.1) is 0 Å². The minimum absolute atomic E-state index is 0.351. The van der Waals surface area contributed by atoms with Crippen LogP contribution >= 0.6 is 23.1 Å².